The lowest BCUT2D eigenvalue weighted by molar-refractivity contribution is 0.397. The fourth-order valence-corrected chi connectivity index (χ4v) is 4.21. The van der Waals surface area contributed by atoms with Gasteiger partial charge in [-0.1, -0.05) is 18.2 Å². The molecule has 4 rings (SSSR count). The molecule has 0 radical (unpaired) electrons. The average Bonchev–Trinajstić information content (AvgIpc) is 2.93. The number of hydrogen-bond donors (Lipinski definition) is 2. The quantitative estimate of drug-likeness (QED) is 0.786. The van der Waals surface area contributed by atoms with E-state index in [0.29, 0.717) is 11.9 Å². The van der Waals surface area contributed by atoms with E-state index in [0.717, 1.165) is 69.1 Å². The minimum Gasteiger partial charge on any atom is -0.496 e. The van der Waals surface area contributed by atoms with E-state index in [1.807, 2.05) is 6.07 Å². The first kappa shape index (κ1) is 22.5. The molecule has 3 N–H and O–H groups in total. The molecule has 1 fully saturated rings. The Morgan fingerprint density at radius 3 is 2.54 bits per heavy atom. The van der Waals surface area contributed by atoms with E-state index in [4.69, 9.17) is 10.5 Å². The van der Waals surface area contributed by atoms with Gasteiger partial charge in [-0.15, -0.1) is 24.8 Å². The number of hydrogen-bond acceptors (Lipinski definition) is 6. The van der Waals surface area contributed by atoms with Crippen LogP contribution in [0.4, 0.5) is 11.8 Å². The fraction of sp³-hybridized carbons (Fsp3) is 0.500. The van der Waals surface area contributed by atoms with Crippen molar-refractivity contribution in [3.63, 3.8) is 0 Å². The van der Waals surface area contributed by atoms with E-state index >= 15 is 0 Å². The molecule has 0 bridgehead atoms. The van der Waals surface area contributed by atoms with Crippen molar-refractivity contribution in [2.24, 2.45) is 0 Å². The molecule has 154 valence electrons. The monoisotopic (exact) mass is 425 g/mol. The Morgan fingerprint density at radius 1 is 1.07 bits per heavy atom. The summed E-state index contributed by atoms with van der Waals surface area (Å²) in [4.78, 5) is 11.5. The highest BCUT2D eigenvalue weighted by molar-refractivity contribution is 5.85. The second-order valence-electron chi connectivity index (χ2n) is 7.08. The first-order valence-corrected chi connectivity index (χ1v) is 9.50. The van der Waals surface area contributed by atoms with Crippen LogP contribution in [0.25, 0.3) is 0 Å². The van der Waals surface area contributed by atoms with Crippen molar-refractivity contribution < 1.29 is 4.74 Å². The lowest BCUT2D eigenvalue weighted by atomic mass is 9.88. The molecule has 3 heterocycles. The summed E-state index contributed by atoms with van der Waals surface area (Å²) in [5, 5.41) is 3.44. The summed E-state index contributed by atoms with van der Waals surface area (Å²) in [6.07, 6.45) is 4.08. The van der Waals surface area contributed by atoms with Gasteiger partial charge in [0.2, 0.25) is 5.95 Å². The van der Waals surface area contributed by atoms with Crippen LogP contribution in [0.5, 0.6) is 5.75 Å². The van der Waals surface area contributed by atoms with E-state index < -0.39 is 0 Å². The predicted molar refractivity (Wildman–Crippen MR) is 118 cm³/mol. The topological polar surface area (TPSA) is 76.3 Å². The standard InChI is InChI=1S/C20H27N5O.2ClH/c1-26-18-5-3-2-4-15(18)14-8-12-25(13-9-14)19-16-6-10-22-11-7-17(16)23-20(21)24-19;;/h2-5,14,22H,6-13H2,1H3,(H2,21,23,24);2*1H. The largest absolute Gasteiger partial charge is 0.496 e. The normalized spacial score (nSPS) is 17.0. The molecule has 0 amide bonds. The molecule has 1 aromatic heterocycles. The zero-order valence-corrected chi connectivity index (χ0v) is 17.8. The number of benzene rings is 1. The Bertz CT molecular complexity index is 781. The number of nitrogens with two attached hydrogens (primary N) is 1. The number of aromatic nitrogens is 2. The average molecular weight is 426 g/mol. The minimum absolute atomic E-state index is 0. The van der Waals surface area contributed by atoms with Crippen molar-refractivity contribution in [1.29, 1.82) is 0 Å². The van der Waals surface area contributed by atoms with Crippen molar-refractivity contribution in [2.75, 3.05) is 43.9 Å². The molecule has 0 aliphatic carbocycles. The first-order valence-electron chi connectivity index (χ1n) is 9.50. The van der Waals surface area contributed by atoms with Gasteiger partial charge >= 0.3 is 0 Å². The van der Waals surface area contributed by atoms with Crippen molar-refractivity contribution in [3.8, 4) is 5.75 Å². The molecule has 8 heteroatoms. The number of nitrogen functional groups attached to an aromatic ring is 1. The predicted octanol–water partition coefficient (Wildman–Crippen LogP) is 2.98. The van der Waals surface area contributed by atoms with E-state index in [1.54, 1.807) is 7.11 Å². The third kappa shape index (κ3) is 4.62. The molecule has 2 aliphatic heterocycles. The second kappa shape index (κ2) is 10.1. The Morgan fingerprint density at radius 2 is 1.79 bits per heavy atom. The van der Waals surface area contributed by atoms with Crippen LogP contribution in [0.15, 0.2) is 24.3 Å². The summed E-state index contributed by atoms with van der Waals surface area (Å²) in [7, 11) is 1.75. The third-order valence-electron chi connectivity index (χ3n) is 5.55. The molecule has 0 saturated carbocycles. The zero-order chi connectivity index (χ0) is 17.9. The highest BCUT2D eigenvalue weighted by atomic mass is 35.5. The molecule has 0 spiro atoms. The number of fused-ring (bicyclic) bond motifs is 1. The summed E-state index contributed by atoms with van der Waals surface area (Å²) in [5.74, 6) is 2.97. The number of ether oxygens (including phenoxy) is 1. The minimum atomic E-state index is 0. The number of para-hydroxylation sites is 1. The number of piperidine rings is 1. The van der Waals surface area contributed by atoms with E-state index in [1.165, 1.54) is 11.1 Å². The van der Waals surface area contributed by atoms with Crippen molar-refractivity contribution in [1.82, 2.24) is 15.3 Å². The maximum absolute atomic E-state index is 6.01. The highest BCUT2D eigenvalue weighted by Crippen LogP contribution is 2.36. The van der Waals surface area contributed by atoms with Gasteiger partial charge in [-0.05, 0) is 43.4 Å². The molecular formula is C20H29Cl2N5O. The summed E-state index contributed by atoms with van der Waals surface area (Å²) in [6.45, 7) is 3.90. The molecule has 2 aromatic rings. The number of nitrogens with zero attached hydrogens (tertiary/aromatic N) is 3. The van der Waals surface area contributed by atoms with Crippen LogP contribution in [-0.4, -0.2) is 43.3 Å². The maximum atomic E-state index is 6.01. The number of nitrogens with one attached hydrogen (secondary N) is 1. The van der Waals surface area contributed by atoms with Crippen LogP contribution in [0, 0.1) is 0 Å². The Labute approximate surface area is 179 Å². The highest BCUT2D eigenvalue weighted by Gasteiger charge is 2.26. The number of anilines is 2. The smallest absolute Gasteiger partial charge is 0.222 e. The lowest BCUT2D eigenvalue weighted by Crippen LogP contribution is -2.35. The summed E-state index contributed by atoms with van der Waals surface area (Å²) < 4.78 is 5.56. The lowest BCUT2D eigenvalue weighted by Gasteiger charge is -2.34. The van der Waals surface area contributed by atoms with Crippen LogP contribution in [0.2, 0.25) is 0 Å². The Kier molecular flexibility index (Phi) is 8.16. The van der Waals surface area contributed by atoms with E-state index in [-0.39, 0.29) is 24.8 Å². The van der Waals surface area contributed by atoms with Gasteiger partial charge in [0.15, 0.2) is 0 Å². The molecule has 0 atom stereocenters. The van der Waals surface area contributed by atoms with Crippen LogP contribution >= 0.6 is 24.8 Å². The third-order valence-corrected chi connectivity index (χ3v) is 5.55. The van der Waals surface area contributed by atoms with Crippen LogP contribution in [0.3, 0.4) is 0 Å². The number of rotatable bonds is 3. The van der Waals surface area contributed by atoms with Crippen molar-refractivity contribution in [2.45, 2.75) is 31.6 Å². The van der Waals surface area contributed by atoms with Gasteiger partial charge in [-0.25, -0.2) is 4.98 Å². The van der Waals surface area contributed by atoms with Crippen molar-refractivity contribution in [3.05, 3.63) is 41.1 Å². The summed E-state index contributed by atoms with van der Waals surface area (Å²) in [6, 6.07) is 8.38. The first-order chi connectivity index (χ1) is 12.8. The SMILES string of the molecule is COc1ccccc1C1CCN(c2nc(N)nc3c2CCNCC3)CC1.Cl.Cl. The molecule has 1 saturated heterocycles. The summed E-state index contributed by atoms with van der Waals surface area (Å²) in [5.41, 5.74) is 9.72. The maximum Gasteiger partial charge on any atom is 0.222 e. The van der Waals surface area contributed by atoms with Gasteiger partial charge in [-0.2, -0.15) is 4.98 Å². The van der Waals surface area contributed by atoms with Crippen LogP contribution in [0.1, 0.15) is 35.6 Å². The zero-order valence-electron chi connectivity index (χ0n) is 16.2. The van der Waals surface area contributed by atoms with Crippen LogP contribution in [-0.2, 0) is 12.8 Å². The van der Waals surface area contributed by atoms with Gasteiger partial charge < -0.3 is 20.7 Å². The van der Waals surface area contributed by atoms with Gasteiger partial charge in [-0.3, -0.25) is 0 Å². The molecule has 2 aliphatic rings. The molecule has 1 aromatic carbocycles. The number of methoxy groups -OCH3 is 1. The van der Waals surface area contributed by atoms with E-state index in [9.17, 15) is 0 Å². The van der Waals surface area contributed by atoms with Gasteiger partial charge in [0, 0.05) is 31.6 Å². The molecular weight excluding hydrogens is 397 g/mol. The Balaban J connectivity index is 0.00000140. The molecule has 6 nitrogen and oxygen atoms in total. The van der Waals surface area contributed by atoms with Crippen molar-refractivity contribution >= 4 is 36.6 Å². The molecule has 0 unspecified atom stereocenters. The second-order valence-corrected chi connectivity index (χ2v) is 7.08. The van der Waals surface area contributed by atoms with Gasteiger partial charge in [0.05, 0.1) is 12.8 Å². The van der Waals surface area contributed by atoms with Gasteiger partial charge in [0.25, 0.3) is 0 Å². The number of halogens is 2. The summed E-state index contributed by atoms with van der Waals surface area (Å²) >= 11 is 0. The molecule has 28 heavy (non-hydrogen) atoms. The fourth-order valence-electron chi connectivity index (χ4n) is 4.21. The van der Waals surface area contributed by atoms with Gasteiger partial charge in [0.1, 0.15) is 11.6 Å². The Hall–Kier alpha value is -1.76. The van der Waals surface area contributed by atoms with Crippen LogP contribution < -0.4 is 20.7 Å². The van der Waals surface area contributed by atoms with E-state index in [2.05, 4.69) is 38.4 Å².